The minimum atomic E-state index is -4.36. The Labute approximate surface area is 836 Å². The van der Waals surface area contributed by atoms with E-state index < -0.39 is 184 Å². The molecule has 0 aromatic heterocycles. The van der Waals surface area contributed by atoms with Crippen molar-refractivity contribution in [1.82, 2.24) is 0 Å². The van der Waals surface area contributed by atoms with Gasteiger partial charge in [-0.3, -0.25) is 52.0 Å². The van der Waals surface area contributed by atoms with Gasteiger partial charge >= 0.3 is 207 Å². The third-order valence-electron chi connectivity index (χ3n) is 11.4. The maximum atomic E-state index is 11.1. The molecule has 1 heterocycles. The average molecular weight is 1980 g/mol. The number of epoxide rings is 1. The van der Waals surface area contributed by atoms with Crippen molar-refractivity contribution >= 4 is 191 Å². The van der Waals surface area contributed by atoms with Crippen molar-refractivity contribution < 1.29 is 374 Å². The predicted molar refractivity (Wildman–Crippen MR) is 402 cm³/mol. The van der Waals surface area contributed by atoms with Gasteiger partial charge < -0.3 is 142 Å². The van der Waals surface area contributed by atoms with E-state index in [4.69, 9.17) is 116 Å². The second-order valence-corrected chi connectivity index (χ2v) is 29.2. The second-order valence-electron chi connectivity index (χ2n) is 21.4. The van der Waals surface area contributed by atoms with Crippen molar-refractivity contribution in [1.29, 1.82) is 0 Å². The smallest absolute Gasteiger partial charge is 0.744 e. The van der Waals surface area contributed by atoms with Crippen LogP contribution in [-0.2, 0) is 124 Å². The molecule has 0 saturated carbocycles. The van der Waals surface area contributed by atoms with Crippen molar-refractivity contribution in [2.75, 3.05) is 43.6 Å². The molecule has 1 fully saturated rings. The molecule has 5 aromatic carbocycles. The van der Waals surface area contributed by atoms with E-state index in [0.29, 0.717) is 40.1 Å². The van der Waals surface area contributed by atoms with Crippen LogP contribution in [0.4, 0.5) is 11.4 Å². The summed E-state index contributed by atoms with van der Waals surface area (Å²) in [5.74, 6) is -17.1. The molecular weight excluding hydrogens is 1900 g/mol. The monoisotopic (exact) mass is 1970 g/mol. The SMILES string of the molecule is CC(O)CC(=O)O[O-].Nc1ccc(S(=O)(=O)O)cc1.Nc1cccc2c(S(=O)(=O)O)cccc12.O=C(O)C(S)C(S)C(=O)O.O=C(O)CC(O)C(=O)O.O=C(O)CC(S)C(=O)O.O=C(O)CCOCC1CO1.O=C(O)CCS.O=C(O)CO.O=C([O-])CC(O)(CC(=O)[O-])C(=O)[O-].O=S(=O)(O)c1ccc(O)cc1.O=S(=O)([O-])c1ccc(CO)cc1.[Na+].[Na+].[Na+].[Na+].[Na+]. The topological polar surface area (TPSA) is 921 Å². The van der Waals surface area contributed by atoms with Gasteiger partial charge in [0.15, 0.2) is 6.10 Å². The van der Waals surface area contributed by atoms with Crippen LogP contribution < -0.4 is 180 Å². The van der Waals surface area contributed by atoms with Crippen molar-refractivity contribution in [3.8, 4) is 5.75 Å². The number of aliphatic hydroxyl groups excluding tert-OH is 4. The van der Waals surface area contributed by atoms with Gasteiger partial charge in [0.1, 0.15) is 54.8 Å². The first kappa shape index (κ1) is 142. The van der Waals surface area contributed by atoms with Gasteiger partial charge in [0, 0.05) is 52.7 Å². The summed E-state index contributed by atoms with van der Waals surface area (Å²) in [5, 5.41) is 159. The van der Waals surface area contributed by atoms with E-state index >= 15 is 0 Å². The van der Waals surface area contributed by atoms with Gasteiger partial charge in [0.25, 0.3) is 30.4 Å². The van der Waals surface area contributed by atoms with Gasteiger partial charge in [-0.25, -0.2) is 18.0 Å². The van der Waals surface area contributed by atoms with E-state index in [9.17, 15) is 116 Å². The number of anilines is 2. The number of carboxylic acid groups (broad SMARTS) is 12. The summed E-state index contributed by atoms with van der Waals surface area (Å²) in [6.07, 6.45) is -6.27. The molecule has 672 valence electrons. The number of ether oxygens (including phenoxy) is 2. The number of aliphatic hydroxyl groups is 5. The fourth-order valence-corrected chi connectivity index (χ4v) is 8.66. The number of benzene rings is 5. The van der Waals surface area contributed by atoms with E-state index in [-0.39, 0.29) is 212 Å². The molecule has 22 N–H and O–H groups in total. The third kappa shape index (κ3) is 79.9. The fourth-order valence-electron chi connectivity index (χ4n) is 5.92. The predicted octanol–water partition coefficient (Wildman–Crippen LogP) is -20.9. The van der Waals surface area contributed by atoms with Gasteiger partial charge in [-0.2, -0.15) is 75.8 Å². The molecule has 1 aliphatic rings. The zero-order chi connectivity index (χ0) is 94.3. The third-order valence-corrected chi connectivity index (χ3v) is 16.8. The second kappa shape index (κ2) is 75.4. The summed E-state index contributed by atoms with van der Waals surface area (Å²) in [7, 11) is -16.8. The maximum absolute atomic E-state index is 11.1. The van der Waals surface area contributed by atoms with Crippen molar-refractivity contribution in [2.45, 2.75) is 118 Å². The number of phenols is 1. The van der Waals surface area contributed by atoms with Gasteiger partial charge in [0.2, 0.25) is 0 Å². The van der Waals surface area contributed by atoms with Crippen molar-refractivity contribution in [3.63, 3.8) is 0 Å². The summed E-state index contributed by atoms with van der Waals surface area (Å²) >= 11 is 14.2. The molecule has 0 aliphatic carbocycles. The summed E-state index contributed by atoms with van der Waals surface area (Å²) in [4.78, 5) is 130. The Hall–Kier alpha value is -5.41. The molecule has 6 unspecified atom stereocenters. The molecule has 0 radical (unpaired) electrons. The quantitative estimate of drug-likeness (QED) is 0.00309. The molecule has 6 rings (SSSR count). The summed E-state index contributed by atoms with van der Waals surface area (Å²) in [6.45, 7) is 2.03. The maximum Gasteiger partial charge on any atom is 1.00 e. The molecule has 0 bridgehead atoms. The number of carbonyl (C=O) groups excluding carboxylic acids is 4. The van der Waals surface area contributed by atoms with Crippen LogP contribution >= 0.6 is 50.5 Å². The number of nitrogen functional groups attached to an aromatic ring is 2. The Balaban J connectivity index is -0.000000125. The standard InChI is InChI=1S/C10H9NO3S.C7H8O4S.C6H7NO3S.C6H8O7.C6H6O4S.C6H10O4.C4H6O5.C4H6O4S2.C4H6O4S.C4H8O4.C3H6O2S.C2H4O3.5Na/c11-9-5-1-4-8-7(9)3-2-6-10(8)15(12,13)14;8-5-6-1-3-7(4-2-6)12(9,10)11;7-5-1-3-6(4-2-5)11(8,9)10;7-3(8)1-6(13,5(11)12)2-4(9)10;7-5-1-3-6(4-2-5)11(8,9)10;7-6(8)1-2-9-3-5-4-10-5;5-2(4(8)9)1-3(6)7;5-3(6)1(9)2(10)4(7)8;5-3(6)1-2(9)4(7)8;1-3(5)2-4(6)8-7;4-3(5)1-2-6;3-1-2(4)5;;;;;/h1-6H,11H2,(H,12,13,14);1-4,8H,5H2,(H,9,10,11);1-4H,7H2,(H,8,9,10);13H,1-2H2,(H,7,8)(H,9,10)(H,11,12);1-4,7H,(H,8,9,10);5H,1-4H2,(H,7,8);2,5H,1H2,(H,6,7)(H,8,9);1-2,9-10H,(H,5,6)(H,7,8);2,9H,1H2,(H,5,6)(H,7,8);3,5,7H,2H2,1H3;6H,1-2H2,(H,4,5);3H,1H2,(H,4,5);;;;;/q;;;;;;;;;;;;5*+1/p-5. The van der Waals surface area contributed by atoms with E-state index in [1.807, 2.05) is 0 Å². The summed E-state index contributed by atoms with van der Waals surface area (Å²) < 4.78 is 131. The normalized spacial score (nSPS) is 12.1. The number of carboxylic acids is 12. The van der Waals surface area contributed by atoms with Crippen LogP contribution in [0, 0.1) is 0 Å². The van der Waals surface area contributed by atoms with Crippen LogP contribution in [0.1, 0.15) is 57.4 Å². The minimum Gasteiger partial charge on any atom is -0.744 e. The molecule has 124 heavy (non-hydrogen) atoms. The Morgan fingerprint density at radius 1 is 0.540 bits per heavy atom. The van der Waals surface area contributed by atoms with Crippen LogP contribution in [0.3, 0.4) is 0 Å². The Morgan fingerprint density at radius 2 is 0.927 bits per heavy atom. The number of hydrogen-bond donors (Lipinski definition) is 24. The zero-order valence-electron chi connectivity index (χ0n) is 65.5. The molecule has 1 saturated heterocycles. The Kier molecular flexibility index (Phi) is 86.1. The number of rotatable bonds is 29. The largest absolute Gasteiger partial charge is 1.00 e. The number of aromatic hydroxyl groups is 1. The number of phenolic OH excluding ortho intramolecular Hbond substituents is 1. The first-order valence-electron chi connectivity index (χ1n) is 30.8. The fraction of sp³-hybridized carbons (Fsp3) is 0.339. The Bertz CT molecular complexity index is 4400. The van der Waals surface area contributed by atoms with Crippen LogP contribution in [0.2, 0.25) is 0 Å². The van der Waals surface area contributed by atoms with E-state index in [2.05, 4.69) is 55.4 Å². The van der Waals surface area contributed by atoms with Gasteiger partial charge in [-0.05, 0) is 85.3 Å². The minimum absolute atomic E-state index is 0. The number of carbonyl (C=O) groups is 13. The molecule has 49 nitrogen and oxygen atoms in total. The summed E-state index contributed by atoms with van der Waals surface area (Å²) in [6, 6.07) is 24.6. The Morgan fingerprint density at radius 3 is 1.19 bits per heavy atom. The van der Waals surface area contributed by atoms with Crippen LogP contribution in [-0.4, -0.2) is 278 Å². The van der Waals surface area contributed by atoms with Crippen molar-refractivity contribution in [3.05, 3.63) is 115 Å². The van der Waals surface area contributed by atoms with E-state index in [0.717, 1.165) is 18.7 Å². The van der Waals surface area contributed by atoms with E-state index in [1.54, 1.807) is 30.3 Å². The molecule has 1 aliphatic heterocycles. The molecule has 0 amide bonds. The molecular formula is C62H79N2Na5O47S8. The first-order chi connectivity index (χ1) is 54.3. The van der Waals surface area contributed by atoms with Gasteiger partial charge in [-0.1, -0.05) is 36.4 Å². The first-order valence-corrected chi connectivity index (χ1v) is 38.7. The van der Waals surface area contributed by atoms with Gasteiger partial charge in [0.05, 0.1) is 85.3 Å². The van der Waals surface area contributed by atoms with Crippen molar-refractivity contribution in [2.24, 2.45) is 0 Å². The number of hydrogen-bond acceptors (Lipinski definition) is 41. The average Bonchev–Trinajstić information content (AvgIpc) is 0.905. The number of fused-ring (bicyclic) bond motifs is 1. The van der Waals surface area contributed by atoms with Crippen LogP contribution in [0.5, 0.6) is 5.75 Å². The van der Waals surface area contributed by atoms with Crippen LogP contribution in [0.25, 0.3) is 10.8 Å². The number of aliphatic carboxylic acids is 12. The molecule has 62 heteroatoms. The number of nitrogens with two attached hydrogens (primary N) is 2. The molecule has 6 atom stereocenters. The molecule has 5 aromatic rings. The summed E-state index contributed by atoms with van der Waals surface area (Å²) in [5.41, 5.74) is 9.52. The van der Waals surface area contributed by atoms with Gasteiger partial charge in [-0.15, -0.1) is 0 Å². The molecule has 0 spiro atoms. The number of thiol groups is 4. The van der Waals surface area contributed by atoms with E-state index in [1.165, 1.54) is 73.7 Å². The van der Waals surface area contributed by atoms with Crippen LogP contribution in [0.15, 0.2) is 129 Å². The zero-order valence-corrected chi connectivity index (χ0v) is 82.4.